The standard InChI is InChI=1S/C8H11N3O.C3H7NO2/c1-11(2)6-10-7-3-4-9-5-8(7)12;1-2-4-3(5)6/h3-6,12H,1-2H3;4H,2H2,1H3,(H,5,6)/b10-6+;. The van der Waals surface area contributed by atoms with Crippen molar-refractivity contribution in [1.29, 1.82) is 0 Å². The Labute approximate surface area is 106 Å². The molecular weight excluding hydrogens is 236 g/mol. The minimum atomic E-state index is -0.961. The molecule has 0 unspecified atom stereocenters. The molecule has 0 fully saturated rings. The zero-order valence-electron chi connectivity index (χ0n) is 10.7. The fraction of sp³-hybridized carbons (Fsp3) is 0.364. The monoisotopic (exact) mass is 254 g/mol. The van der Waals surface area contributed by atoms with E-state index in [0.29, 0.717) is 12.2 Å². The Bertz CT molecular complexity index is 394. The van der Waals surface area contributed by atoms with Gasteiger partial charge in [-0.25, -0.2) is 9.79 Å². The van der Waals surface area contributed by atoms with Crippen LogP contribution in [0.4, 0.5) is 10.5 Å². The molecular formula is C11H18N4O3. The first-order valence-corrected chi connectivity index (χ1v) is 5.27. The van der Waals surface area contributed by atoms with Crippen LogP contribution in [0.5, 0.6) is 5.75 Å². The third-order valence-corrected chi connectivity index (χ3v) is 1.53. The number of carboxylic acid groups (broad SMARTS) is 1. The summed E-state index contributed by atoms with van der Waals surface area (Å²) in [7, 11) is 3.73. The summed E-state index contributed by atoms with van der Waals surface area (Å²) in [5, 5.41) is 19.2. The predicted molar refractivity (Wildman–Crippen MR) is 69.4 cm³/mol. The van der Waals surface area contributed by atoms with Crippen LogP contribution in [0.3, 0.4) is 0 Å². The third-order valence-electron chi connectivity index (χ3n) is 1.53. The van der Waals surface area contributed by atoms with Crippen LogP contribution >= 0.6 is 0 Å². The second-order valence-corrected chi connectivity index (χ2v) is 3.41. The van der Waals surface area contributed by atoms with Crippen molar-refractivity contribution in [3.8, 4) is 5.75 Å². The number of nitrogens with zero attached hydrogens (tertiary/aromatic N) is 3. The van der Waals surface area contributed by atoms with E-state index in [0.717, 1.165) is 0 Å². The molecule has 18 heavy (non-hydrogen) atoms. The van der Waals surface area contributed by atoms with Gasteiger partial charge in [0, 0.05) is 26.8 Å². The largest absolute Gasteiger partial charge is 0.504 e. The Morgan fingerprint density at radius 3 is 2.67 bits per heavy atom. The summed E-state index contributed by atoms with van der Waals surface area (Å²) in [5.74, 6) is 0.0931. The number of pyridine rings is 1. The number of hydrogen-bond acceptors (Lipinski definition) is 4. The van der Waals surface area contributed by atoms with Crippen molar-refractivity contribution >= 4 is 18.1 Å². The number of aliphatic imine (C=N–C) groups is 1. The first kappa shape index (κ1) is 15.7. The van der Waals surface area contributed by atoms with Crippen molar-refractivity contribution < 1.29 is 15.0 Å². The molecule has 0 bridgehead atoms. The van der Waals surface area contributed by atoms with Crippen molar-refractivity contribution in [2.75, 3.05) is 20.6 Å². The summed E-state index contributed by atoms with van der Waals surface area (Å²) in [4.78, 5) is 19.0. The second kappa shape index (κ2) is 8.80. The minimum absolute atomic E-state index is 0.0931. The van der Waals surface area contributed by atoms with Gasteiger partial charge in [-0.3, -0.25) is 4.98 Å². The summed E-state index contributed by atoms with van der Waals surface area (Å²) in [6, 6.07) is 1.65. The molecule has 0 saturated carbocycles. The number of hydrogen-bond donors (Lipinski definition) is 3. The maximum Gasteiger partial charge on any atom is 0.404 e. The summed E-state index contributed by atoms with van der Waals surface area (Å²) in [5.41, 5.74) is 0.527. The van der Waals surface area contributed by atoms with Gasteiger partial charge in [0.1, 0.15) is 5.69 Å². The summed E-state index contributed by atoms with van der Waals surface area (Å²) in [6.45, 7) is 2.21. The van der Waals surface area contributed by atoms with Crippen molar-refractivity contribution in [1.82, 2.24) is 15.2 Å². The van der Waals surface area contributed by atoms with Gasteiger partial charge in [0.25, 0.3) is 0 Å². The van der Waals surface area contributed by atoms with Crippen LogP contribution in [0.1, 0.15) is 6.92 Å². The van der Waals surface area contributed by atoms with Gasteiger partial charge in [-0.15, -0.1) is 0 Å². The fourth-order valence-corrected chi connectivity index (χ4v) is 0.817. The average molecular weight is 254 g/mol. The van der Waals surface area contributed by atoms with E-state index in [4.69, 9.17) is 5.11 Å². The van der Waals surface area contributed by atoms with Gasteiger partial charge in [-0.1, -0.05) is 0 Å². The van der Waals surface area contributed by atoms with Gasteiger partial charge in [-0.05, 0) is 13.0 Å². The number of nitrogens with one attached hydrogen (secondary N) is 1. The van der Waals surface area contributed by atoms with Crippen molar-refractivity contribution in [3.05, 3.63) is 18.5 Å². The first-order chi connectivity index (χ1) is 8.47. The zero-order valence-corrected chi connectivity index (χ0v) is 10.7. The molecule has 1 aromatic heterocycles. The minimum Gasteiger partial charge on any atom is -0.504 e. The molecule has 0 aliphatic heterocycles. The smallest absolute Gasteiger partial charge is 0.404 e. The lowest BCUT2D eigenvalue weighted by Gasteiger charge is -2.02. The molecule has 0 atom stereocenters. The zero-order chi connectivity index (χ0) is 14.0. The molecule has 0 radical (unpaired) electrons. The maximum absolute atomic E-state index is 9.49. The molecule has 0 saturated heterocycles. The second-order valence-electron chi connectivity index (χ2n) is 3.41. The number of aromatic nitrogens is 1. The van der Waals surface area contributed by atoms with Gasteiger partial charge in [0.15, 0.2) is 5.75 Å². The van der Waals surface area contributed by atoms with E-state index in [1.807, 2.05) is 14.1 Å². The fourth-order valence-electron chi connectivity index (χ4n) is 0.817. The predicted octanol–water partition coefficient (Wildman–Crippen LogP) is 1.28. The summed E-state index contributed by atoms with van der Waals surface area (Å²) in [6.07, 6.45) is 3.61. The molecule has 0 aliphatic carbocycles. The first-order valence-electron chi connectivity index (χ1n) is 5.27. The SMILES string of the molecule is CCNC(=O)O.CN(C)/C=N/c1ccncc1O. The van der Waals surface area contributed by atoms with Crippen molar-refractivity contribution in [2.45, 2.75) is 6.92 Å². The van der Waals surface area contributed by atoms with Crippen LogP contribution in [0.25, 0.3) is 0 Å². The molecule has 1 amide bonds. The molecule has 0 spiro atoms. The Balaban J connectivity index is 0.000000411. The van der Waals surface area contributed by atoms with E-state index in [9.17, 15) is 9.90 Å². The molecule has 0 aliphatic rings. The van der Waals surface area contributed by atoms with Crippen molar-refractivity contribution in [3.63, 3.8) is 0 Å². The van der Waals surface area contributed by atoms with Crippen LogP contribution in [0.15, 0.2) is 23.5 Å². The quantitative estimate of drug-likeness (QED) is 0.557. The number of aromatic hydroxyl groups is 1. The average Bonchev–Trinajstić information content (AvgIpc) is 2.28. The molecule has 100 valence electrons. The molecule has 7 heteroatoms. The Morgan fingerprint density at radius 1 is 1.61 bits per heavy atom. The van der Waals surface area contributed by atoms with E-state index in [2.05, 4.69) is 15.3 Å². The summed E-state index contributed by atoms with van der Waals surface area (Å²) < 4.78 is 0. The van der Waals surface area contributed by atoms with Gasteiger partial charge >= 0.3 is 6.09 Å². The molecule has 1 rings (SSSR count). The molecule has 0 aromatic carbocycles. The van der Waals surface area contributed by atoms with Crippen molar-refractivity contribution in [2.24, 2.45) is 4.99 Å². The lowest BCUT2D eigenvalue weighted by atomic mass is 10.4. The highest BCUT2D eigenvalue weighted by Crippen LogP contribution is 2.22. The Kier molecular flexibility index (Phi) is 7.67. The van der Waals surface area contributed by atoms with Gasteiger partial charge in [0.05, 0.1) is 12.5 Å². The van der Waals surface area contributed by atoms with E-state index >= 15 is 0 Å². The van der Waals surface area contributed by atoms with E-state index < -0.39 is 6.09 Å². The number of amides is 1. The van der Waals surface area contributed by atoms with Crippen LogP contribution in [0, 0.1) is 0 Å². The lowest BCUT2D eigenvalue weighted by molar-refractivity contribution is 0.195. The highest BCUT2D eigenvalue weighted by atomic mass is 16.4. The molecule has 3 N–H and O–H groups in total. The van der Waals surface area contributed by atoms with Gasteiger partial charge in [-0.2, -0.15) is 0 Å². The molecule has 7 nitrogen and oxygen atoms in total. The normalized spacial score (nSPS) is 9.50. The summed E-state index contributed by atoms with van der Waals surface area (Å²) >= 11 is 0. The van der Waals surface area contributed by atoms with Crippen LogP contribution < -0.4 is 5.32 Å². The molecule has 1 heterocycles. The van der Waals surface area contributed by atoms with Crippen LogP contribution in [-0.4, -0.2) is 53.2 Å². The maximum atomic E-state index is 9.49. The van der Waals surface area contributed by atoms with Gasteiger partial charge in [0.2, 0.25) is 0 Å². The number of carbonyl (C=O) groups is 1. The molecule has 1 aromatic rings. The highest BCUT2D eigenvalue weighted by Gasteiger charge is 1.95. The lowest BCUT2D eigenvalue weighted by Crippen LogP contribution is -2.19. The Hall–Kier alpha value is -2.31. The van der Waals surface area contributed by atoms with Crippen LogP contribution in [-0.2, 0) is 0 Å². The van der Waals surface area contributed by atoms with Gasteiger partial charge < -0.3 is 20.4 Å². The highest BCUT2D eigenvalue weighted by molar-refractivity contribution is 5.64. The van der Waals surface area contributed by atoms with E-state index in [-0.39, 0.29) is 5.75 Å². The Morgan fingerprint density at radius 2 is 2.28 bits per heavy atom. The van der Waals surface area contributed by atoms with E-state index in [1.54, 1.807) is 30.4 Å². The third kappa shape index (κ3) is 7.91. The number of rotatable bonds is 3. The topological polar surface area (TPSA) is 98.1 Å². The van der Waals surface area contributed by atoms with E-state index in [1.165, 1.54) is 6.20 Å². The van der Waals surface area contributed by atoms with Crippen LogP contribution in [0.2, 0.25) is 0 Å².